The van der Waals surface area contributed by atoms with Crippen LogP contribution in [0.15, 0.2) is 18.3 Å². The highest BCUT2D eigenvalue weighted by Gasteiger charge is 2.25. The van der Waals surface area contributed by atoms with Gasteiger partial charge in [0.05, 0.1) is 28.5 Å². The molecular formula is C22H21ClN8. The van der Waals surface area contributed by atoms with E-state index in [2.05, 4.69) is 37.8 Å². The van der Waals surface area contributed by atoms with Gasteiger partial charge in [-0.2, -0.15) is 20.0 Å². The van der Waals surface area contributed by atoms with Crippen molar-refractivity contribution >= 4 is 34.7 Å². The molecule has 5 rings (SSSR count). The molecule has 0 radical (unpaired) electrons. The SMILES string of the molecule is N#Cc1cc(Nc2nc(NC3CC3)c3ncc(C#N)n3n2)c(Cl)c(C2CCCCC2)c1. The highest BCUT2D eigenvalue weighted by atomic mass is 35.5. The Morgan fingerprint density at radius 2 is 1.87 bits per heavy atom. The van der Waals surface area contributed by atoms with Gasteiger partial charge in [-0.25, -0.2) is 4.98 Å². The molecule has 2 fully saturated rings. The lowest BCUT2D eigenvalue weighted by Crippen LogP contribution is -2.11. The average molecular weight is 433 g/mol. The number of rotatable bonds is 5. The smallest absolute Gasteiger partial charge is 0.247 e. The van der Waals surface area contributed by atoms with Crippen LogP contribution in [-0.4, -0.2) is 25.6 Å². The Bertz CT molecular complexity index is 1230. The van der Waals surface area contributed by atoms with E-state index in [1.165, 1.54) is 30.0 Å². The van der Waals surface area contributed by atoms with Crippen molar-refractivity contribution in [2.45, 2.75) is 56.9 Å². The molecule has 2 heterocycles. The van der Waals surface area contributed by atoms with Gasteiger partial charge >= 0.3 is 0 Å². The van der Waals surface area contributed by atoms with Gasteiger partial charge in [-0.1, -0.05) is 30.9 Å². The Balaban J connectivity index is 1.56. The number of halogens is 1. The van der Waals surface area contributed by atoms with Crippen molar-refractivity contribution in [3.05, 3.63) is 40.2 Å². The minimum Gasteiger partial charge on any atom is -0.364 e. The quantitative estimate of drug-likeness (QED) is 0.589. The van der Waals surface area contributed by atoms with Gasteiger partial charge in [-0.3, -0.25) is 0 Å². The molecular weight excluding hydrogens is 412 g/mol. The first-order chi connectivity index (χ1) is 15.2. The predicted molar refractivity (Wildman–Crippen MR) is 117 cm³/mol. The van der Waals surface area contributed by atoms with Crippen LogP contribution < -0.4 is 10.6 Å². The predicted octanol–water partition coefficient (Wildman–Crippen LogP) is 4.89. The fourth-order valence-corrected chi connectivity index (χ4v) is 4.47. The summed E-state index contributed by atoms with van der Waals surface area (Å²) in [5.41, 5.74) is 2.97. The molecule has 0 aliphatic heterocycles. The summed E-state index contributed by atoms with van der Waals surface area (Å²) < 4.78 is 1.48. The van der Waals surface area contributed by atoms with Crippen LogP contribution >= 0.6 is 11.6 Å². The van der Waals surface area contributed by atoms with Gasteiger partial charge in [0.25, 0.3) is 0 Å². The number of nitrogens with one attached hydrogen (secondary N) is 2. The zero-order valence-corrected chi connectivity index (χ0v) is 17.7. The monoisotopic (exact) mass is 432 g/mol. The molecule has 0 saturated heterocycles. The van der Waals surface area contributed by atoms with E-state index in [4.69, 9.17) is 11.6 Å². The molecule has 156 valence electrons. The summed E-state index contributed by atoms with van der Waals surface area (Å²) in [4.78, 5) is 8.89. The van der Waals surface area contributed by atoms with E-state index >= 15 is 0 Å². The standard InChI is InChI=1S/C22H21ClN8/c23-19-17(14-4-2-1-3-5-14)8-13(10-24)9-18(19)28-22-29-20(27-15-6-7-15)21-26-12-16(11-25)31(21)30-22/h8-9,12,14-15H,1-7H2,(H2,27,28,29,30). The van der Waals surface area contributed by atoms with Crippen molar-refractivity contribution in [1.29, 1.82) is 10.5 Å². The second-order valence-corrected chi connectivity index (χ2v) is 8.57. The van der Waals surface area contributed by atoms with Crippen molar-refractivity contribution in [1.82, 2.24) is 19.6 Å². The fourth-order valence-electron chi connectivity index (χ4n) is 4.16. The first kappa shape index (κ1) is 19.6. The number of hydrogen-bond acceptors (Lipinski definition) is 7. The molecule has 2 aliphatic carbocycles. The van der Waals surface area contributed by atoms with Crippen LogP contribution in [0, 0.1) is 22.7 Å². The van der Waals surface area contributed by atoms with E-state index in [0.29, 0.717) is 45.4 Å². The molecule has 2 aromatic heterocycles. The van der Waals surface area contributed by atoms with Crippen LogP contribution in [0.2, 0.25) is 5.02 Å². The minimum absolute atomic E-state index is 0.289. The Morgan fingerprint density at radius 1 is 1.06 bits per heavy atom. The summed E-state index contributed by atoms with van der Waals surface area (Å²) in [6.07, 6.45) is 9.38. The molecule has 0 atom stereocenters. The van der Waals surface area contributed by atoms with Crippen LogP contribution in [0.25, 0.3) is 5.65 Å². The number of benzene rings is 1. The topological polar surface area (TPSA) is 115 Å². The summed E-state index contributed by atoms with van der Waals surface area (Å²) in [7, 11) is 0. The van der Waals surface area contributed by atoms with E-state index in [-0.39, 0.29) is 5.95 Å². The lowest BCUT2D eigenvalue weighted by molar-refractivity contribution is 0.444. The van der Waals surface area contributed by atoms with Crippen LogP contribution in [0.1, 0.15) is 67.7 Å². The lowest BCUT2D eigenvalue weighted by atomic mass is 9.83. The number of hydrogen-bond donors (Lipinski definition) is 2. The molecule has 2 aliphatic rings. The number of nitrogens with zero attached hydrogens (tertiary/aromatic N) is 6. The molecule has 3 aromatic rings. The number of fused-ring (bicyclic) bond motifs is 1. The summed E-state index contributed by atoms with van der Waals surface area (Å²) in [6, 6.07) is 8.32. The van der Waals surface area contributed by atoms with Crippen LogP contribution in [-0.2, 0) is 0 Å². The maximum atomic E-state index is 9.56. The molecule has 1 aromatic carbocycles. The average Bonchev–Trinajstić information content (AvgIpc) is 3.51. The van der Waals surface area contributed by atoms with E-state index in [1.54, 1.807) is 6.07 Å². The third-order valence-corrected chi connectivity index (χ3v) is 6.34. The lowest BCUT2D eigenvalue weighted by Gasteiger charge is -2.24. The Kier molecular flexibility index (Phi) is 5.09. The van der Waals surface area contributed by atoms with Crippen molar-refractivity contribution in [2.75, 3.05) is 10.6 Å². The van der Waals surface area contributed by atoms with Crippen LogP contribution in [0.4, 0.5) is 17.5 Å². The van der Waals surface area contributed by atoms with Crippen molar-refractivity contribution in [2.24, 2.45) is 0 Å². The first-order valence-electron chi connectivity index (χ1n) is 10.6. The van der Waals surface area contributed by atoms with Gasteiger partial charge in [-0.15, -0.1) is 5.10 Å². The van der Waals surface area contributed by atoms with Crippen LogP contribution in [0.3, 0.4) is 0 Å². The second kappa shape index (κ2) is 8.05. The van der Waals surface area contributed by atoms with Crippen molar-refractivity contribution < 1.29 is 0 Å². The Hall–Kier alpha value is -3.36. The van der Waals surface area contributed by atoms with Gasteiger partial charge in [0.2, 0.25) is 5.95 Å². The molecule has 9 heteroatoms. The van der Waals surface area contributed by atoms with E-state index in [9.17, 15) is 10.5 Å². The maximum Gasteiger partial charge on any atom is 0.247 e. The normalized spacial score (nSPS) is 16.6. The van der Waals surface area contributed by atoms with Gasteiger partial charge in [-0.05, 0) is 49.3 Å². The van der Waals surface area contributed by atoms with E-state index in [1.807, 2.05) is 6.07 Å². The number of nitriles is 2. The van der Waals surface area contributed by atoms with Crippen molar-refractivity contribution in [3.63, 3.8) is 0 Å². The molecule has 31 heavy (non-hydrogen) atoms. The van der Waals surface area contributed by atoms with Gasteiger partial charge in [0.1, 0.15) is 6.07 Å². The summed E-state index contributed by atoms with van der Waals surface area (Å²) >= 11 is 6.80. The molecule has 0 amide bonds. The number of anilines is 3. The highest BCUT2D eigenvalue weighted by Crippen LogP contribution is 2.40. The van der Waals surface area contributed by atoms with Gasteiger partial charge < -0.3 is 10.6 Å². The number of aromatic nitrogens is 4. The zero-order chi connectivity index (χ0) is 21.4. The van der Waals surface area contributed by atoms with Gasteiger partial charge in [0.15, 0.2) is 17.2 Å². The molecule has 2 saturated carbocycles. The summed E-state index contributed by atoms with van der Waals surface area (Å²) in [5, 5.41) is 30.6. The van der Waals surface area contributed by atoms with E-state index < -0.39 is 0 Å². The molecule has 0 unspecified atom stereocenters. The molecule has 0 bridgehead atoms. The Morgan fingerprint density at radius 3 is 2.58 bits per heavy atom. The highest BCUT2D eigenvalue weighted by molar-refractivity contribution is 6.34. The molecule has 2 N–H and O–H groups in total. The molecule has 0 spiro atoms. The molecule has 8 nitrogen and oxygen atoms in total. The first-order valence-corrected chi connectivity index (χ1v) is 11.0. The maximum absolute atomic E-state index is 9.56. The zero-order valence-electron chi connectivity index (χ0n) is 16.9. The van der Waals surface area contributed by atoms with Crippen LogP contribution in [0.5, 0.6) is 0 Å². The van der Waals surface area contributed by atoms with Crippen molar-refractivity contribution in [3.8, 4) is 12.1 Å². The third kappa shape index (κ3) is 3.87. The second-order valence-electron chi connectivity index (χ2n) is 8.19. The Labute approximate surface area is 184 Å². The summed E-state index contributed by atoms with van der Waals surface area (Å²) in [6.45, 7) is 0. The minimum atomic E-state index is 0.289. The van der Waals surface area contributed by atoms with Gasteiger partial charge in [0, 0.05) is 6.04 Å². The number of imidazole rings is 1. The largest absolute Gasteiger partial charge is 0.364 e. The fraction of sp³-hybridized carbons (Fsp3) is 0.409. The van der Waals surface area contributed by atoms with E-state index in [0.717, 1.165) is 31.2 Å². The third-order valence-electron chi connectivity index (χ3n) is 5.92. The summed E-state index contributed by atoms with van der Waals surface area (Å²) in [5.74, 6) is 1.21.